The Hall–Kier alpha value is -0.900. The highest BCUT2D eigenvalue weighted by Gasteiger charge is 2.28. The molecular formula is C16H27N3. The first-order chi connectivity index (χ1) is 9.02. The molecule has 1 saturated heterocycles. The Morgan fingerprint density at radius 3 is 2.68 bits per heavy atom. The van der Waals surface area contributed by atoms with E-state index < -0.39 is 0 Å². The summed E-state index contributed by atoms with van der Waals surface area (Å²) in [5.41, 5.74) is 10.2. The van der Waals surface area contributed by atoms with Gasteiger partial charge in [0.25, 0.3) is 0 Å². The molecule has 1 fully saturated rings. The summed E-state index contributed by atoms with van der Waals surface area (Å²) >= 11 is 0. The van der Waals surface area contributed by atoms with E-state index in [9.17, 15) is 0 Å². The number of piperazine rings is 1. The third kappa shape index (κ3) is 3.16. The van der Waals surface area contributed by atoms with Crippen LogP contribution in [0.15, 0.2) is 18.2 Å². The Bertz CT molecular complexity index is 430. The van der Waals surface area contributed by atoms with E-state index in [1.807, 2.05) is 0 Å². The summed E-state index contributed by atoms with van der Waals surface area (Å²) in [6.45, 7) is 10.7. The van der Waals surface area contributed by atoms with E-state index in [0.717, 1.165) is 19.6 Å². The number of likely N-dealkylation sites (N-methyl/N-ethyl adjacent to an activating group) is 1. The van der Waals surface area contributed by atoms with Gasteiger partial charge in [-0.25, -0.2) is 0 Å². The average molecular weight is 261 g/mol. The summed E-state index contributed by atoms with van der Waals surface area (Å²) in [5.74, 6) is 0. The van der Waals surface area contributed by atoms with Crippen LogP contribution in [-0.4, -0.2) is 49.1 Å². The van der Waals surface area contributed by atoms with Crippen LogP contribution in [0, 0.1) is 13.8 Å². The summed E-state index contributed by atoms with van der Waals surface area (Å²) in [7, 11) is 2.20. The van der Waals surface area contributed by atoms with Gasteiger partial charge in [-0.2, -0.15) is 0 Å². The lowest BCUT2D eigenvalue weighted by Crippen LogP contribution is -2.53. The van der Waals surface area contributed by atoms with Crippen LogP contribution in [0.25, 0.3) is 0 Å². The van der Waals surface area contributed by atoms with Crippen LogP contribution in [0.1, 0.15) is 29.7 Å². The Morgan fingerprint density at radius 1 is 1.32 bits per heavy atom. The van der Waals surface area contributed by atoms with Crippen LogP contribution in [0.4, 0.5) is 0 Å². The molecule has 0 aliphatic carbocycles. The van der Waals surface area contributed by atoms with Crippen molar-refractivity contribution in [1.29, 1.82) is 0 Å². The van der Waals surface area contributed by atoms with E-state index in [4.69, 9.17) is 5.73 Å². The third-order valence-corrected chi connectivity index (χ3v) is 4.30. The van der Waals surface area contributed by atoms with Crippen molar-refractivity contribution in [3.63, 3.8) is 0 Å². The molecule has 3 heteroatoms. The summed E-state index contributed by atoms with van der Waals surface area (Å²) in [5, 5.41) is 0. The fraction of sp³-hybridized carbons (Fsp3) is 0.625. The molecule has 1 heterocycles. The third-order valence-electron chi connectivity index (χ3n) is 4.30. The Labute approximate surface area is 117 Å². The van der Waals surface area contributed by atoms with Crippen molar-refractivity contribution in [3.05, 3.63) is 34.9 Å². The monoisotopic (exact) mass is 261 g/mol. The quantitative estimate of drug-likeness (QED) is 0.902. The molecule has 2 unspecified atom stereocenters. The van der Waals surface area contributed by atoms with Gasteiger partial charge in [-0.05, 0) is 38.9 Å². The molecule has 0 aromatic heterocycles. The largest absolute Gasteiger partial charge is 0.329 e. The molecule has 0 spiro atoms. The molecule has 1 aromatic rings. The maximum atomic E-state index is 6.10. The van der Waals surface area contributed by atoms with Gasteiger partial charge in [-0.1, -0.05) is 23.8 Å². The molecule has 0 saturated carbocycles. The van der Waals surface area contributed by atoms with Gasteiger partial charge in [-0.3, -0.25) is 4.90 Å². The number of hydrogen-bond donors (Lipinski definition) is 1. The van der Waals surface area contributed by atoms with Crippen LogP contribution in [-0.2, 0) is 0 Å². The Morgan fingerprint density at radius 2 is 2.05 bits per heavy atom. The molecule has 1 aromatic carbocycles. The summed E-state index contributed by atoms with van der Waals surface area (Å²) < 4.78 is 0. The molecule has 1 aliphatic rings. The summed E-state index contributed by atoms with van der Waals surface area (Å²) in [6.07, 6.45) is 0. The van der Waals surface area contributed by atoms with Gasteiger partial charge in [-0.15, -0.1) is 0 Å². The SMILES string of the molecule is Cc1ccc(C)c(C(CN)N2CCN(C)CC2C)c1. The molecule has 2 N–H and O–H groups in total. The van der Waals surface area contributed by atoms with Crippen molar-refractivity contribution < 1.29 is 0 Å². The van der Waals surface area contributed by atoms with Crippen molar-refractivity contribution in [2.75, 3.05) is 33.2 Å². The average Bonchev–Trinajstić information content (AvgIpc) is 2.36. The fourth-order valence-electron chi connectivity index (χ4n) is 3.18. The lowest BCUT2D eigenvalue weighted by Gasteiger charge is -2.43. The smallest absolute Gasteiger partial charge is 0.0477 e. The van der Waals surface area contributed by atoms with Crippen molar-refractivity contribution in [2.45, 2.75) is 32.9 Å². The first-order valence-electron chi connectivity index (χ1n) is 7.24. The highest BCUT2D eigenvalue weighted by atomic mass is 15.3. The van der Waals surface area contributed by atoms with E-state index in [1.54, 1.807) is 0 Å². The molecule has 2 atom stereocenters. The maximum absolute atomic E-state index is 6.10. The van der Waals surface area contributed by atoms with Crippen molar-refractivity contribution >= 4 is 0 Å². The van der Waals surface area contributed by atoms with E-state index in [2.05, 4.69) is 55.8 Å². The number of rotatable bonds is 3. The van der Waals surface area contributed by atoms with Gasteiger partial charge in [0.05, 0.1) is 0 Å². The van der Waals surface area contributed by atoms with Gasteiger partial charge < -0.3 is 10.6 Å². The van der Waals surface area contributed by atoms with Crippen molar-refractivity contribution in [3.8, 4) is 0 Å². The normalized spacial score (nSPS) is 23.5. The zero-order chi connectivity index (χ0) is 14.0. The second-order valence-corrected chi connectivity index (χ2v) is 5.96. The zero-order valence-electron chi connectivity index (χ0n) is 12.7. The van der Waals surface area contributed by atoms with Crippen molar-refractivity contribution in [1.82, 2.24) is 9.80 Å². The zero-order valence-corrected chi connectivity index (χ0v) is 12.7. The first-order valence-corrected chi connectivity index (χ1v) is 7.24. The number of aryl methyl sites for hydroxylation is 2. The first kappa shape index (κ1) is 14.5. The summed E-state index contributed by atoms with van der Waals surface area (Å²) in [4.78, 5) is 4.97. The molecular weight excluding hydrogens is 234 g/mol. The highest BCUT2D eigenvalue weighted by molar-refractivity contribution is 5.33. The second kappa shape index (κ2) is 6.04. The van der Waals surface area contributed by atoms with E-state index in [0.29, 0.717) is 18.6 Å². The van der Waals surface area contributed by atoms with Gasteiger partial charge >= 0.3 is 0 Å². The Kier molecular flexibility index (Phi) is 4.61. The minimum Gasteiger partial charge on any atom is -0.329 e. The Balaban J connectivity index is 2.26. The molecule has 0 amide bonds. The minimum absolute atomic E-state index is 0.351. The lowest BCUT2D eigenvalue weighted by molar-refractivity contribution is 0.0633. The number of nitrogens with two attached hydrogens (primary N) is 1. The standard InChI is InChI=1S/C16H27N3/c1-12-5-6-13(2)15(9-12)16(10-17)19-8-7-18(4)11-14(19)3/h5-6,9,14,16H,7-8,10-11,17H2,1-4H3. The topological polar surface area (TPSA) is 32.5 Å². The maximum Gasteiger partial charge on any atom is 0.0477 e. The number of nitrogens with zero attached hydrogens (tertiary/aromatic N) is 2. The number of hydrogen-bond acceptors (Lipinski definition) is 3. The predicted molar refractivity (Wildman–Crippen MR) is 81.4 cm³/mol. The van der Waals surface area contributed by atoms with Gasteiger partial charge in [0, 0.05) is 38.3 Å². The molecule has 2 rings (SSSR count). The minimum atomic E-state index is 0.351. The van der Waals surface area contributed by atoms with Crippen molar-refractivity contribution in [2.24, 2.45) is 5.73 Å². The molecule has 1 aliphatic heterocycles. The molecule has 0 radical (unpaired) electrons. The molecule has 0 bridgehead atoms. The van der Waals surface area contributed by atoms with Gasteiger partial charge in [0.2, 0.25) is 0 Å². The fourth-order valence-corrected chi connectivity index (χ4v) is 3.18. The molecule has 3 nitrogen and oxygen atoms in total. The van der Waals surface area contributed by atoms with Crippen LogP contribution in [0.2, 0.25) is 0 Å². The van der Waals surface area contributed by atoms with Gasteiger partial charge in [0.15, 0.2) is 0 Å². The van der Waals surface area contributed by atoms with E-state index in [1.165, 1.54) is 16.7 Å². The van der Waals surface area contributed by atoms with E-state index in [-0.39, 0.29) is 0 Å². The van der Waals surface area contributed by atoms with Crippen LogP contribution in [0.5, 0.6) is 0 Å². The second-order valence-electron chi connectivity index (χ2n) is 5.96. The van der Waals surface area contributed by atoms with Crippen LogP contribution < -0.4 is 5.73 Å². The van der Waals surface area contributed by atoms with Crippen LogP contribution >= 0.6 is 0 Å². The predicted octanol–water partition coefficient (Wildman–Crippen LogP) is 1.94. The highest BCUT2D eigenvalue weighted by Crippen LogP contribution is 2.27. The van der Waals surface area contributed by atoms with Crippen LogP contribution in [0.3, 0.4) is 0 Å². The molecule has 19 heavy (non-hydrogen) atoms. The lowest BCUT2D eigenvalue weighted by atomic mass is 9.96. The van der Waals surface area contributed by atoms with Gasteiger partial charge in [0.1, 0.15) is 0 Å². The molecule has 106 valence electrons. The van der Waals surface area contributed by atoms with E-state index >= 15 is 0 Å². The number of benzene rings is 1. The summed E-state index contributed by atoms with van der Waals surface area (Å²) in [6, 6.07) is 7.61.